The monoisotopic (exact) mass is 316 g/mol. The summed E-state index contributed by atoms with van der Waals surface area (Å²) in [6, 6.07) is 3.74. The Labute approximate surface area is 123 Å². The molecular weight excluding hydrogens is 296 g/mol. The molecule has 0 aromatic carbocycles. The highest BCUT2D eigenvalue weighted by Gasteiger charge is 2.23. The van der Waals surface area contributed by atoms with E-state index in [9.17, 15) is 13.2 Å². The van der Waals surface area contributed by atoms with E-state index in [1.807, 2.05) is 24.4 Å². The molecule has 1 aliphatic rings. The van der Waals surface area contributed by atoms with E-state index in [4.69, 9.17) is 0 Å². The smallest absolute Gasteiger partial charge is 0.315 e. The van der Waals surface area contributed by atoms with E-state index in [1.165, 1.54) is 0 Å². The van der Waals surface area contributed by atoms with Crippen molar-refractivity contribution in [2.24, 2.45) is 5.92 Å². The van der Waals surface area contributed by atoms with Gasteiger partial charge < -0.3 is 10.6 Å². The maximum absolute atomic E-state index is 11.8. The van der Waals surface area contributed by atoms with Gasteiger partial charge >= 0.3 is 6.03 Å². The zero-order valence-corrected chi connectivity index (χ0v) is 13.1. The first-order valence-corrected chi connectivity index (χ1v) is 9.44. The largest absolute Gasteiger partial charge is 0.338 e. The average molecular weight is 316 g/mol. The van der Waals surface area contributed by atoms with E-state index in [1.54, 1.807) is 11.3 Å². The first kappa shape index (κ1) is 15.3. The quantitative estimate of drug-likeness (QED) is 0.891. The topological polar surface area (TPSA) is 75.3 Å². The maximum atomic E-state index is 11.8. The second-order valence-corrected chi connectivity index (χ2v) is 8.47. The van der Waals surface area contributed by atoms with Gasteiger partial charge in [0, 0.05) is 11.4 Å². The lowest BCUT2D eigenvalue weighted by Gasteiger charge is -2.22. The SMILES string of the molecule is C[C@@H](NC(=O)NCC1CCS(=O)(=O)CC1)c1cccs1. The summed E-state index contributed by atoms with van der Waals surface area (Å²) in [6.07, 6.45) is 1.28. The van der Waals surface area contributed by atoms with E-state index < -0.39 is 9.84 Å². The lowest BCUT2D eigenvalue weighted by atomic mass is 10.0. The molecule has 1 aliphatic heterocycles. The summed E-state index contributed by atoms with van der Waals surface area (Å²) in [5.41, 5.74) is 0. The van der Waals surface area contributed by atoms with E-state index in [0.717, 1.165) is 4.88 Å². The first-order chi connectivity index (χ1) is 9.46. The Balaban J connectivity index is 1.70. The fourth-order valence-electron chi connectivity index (χ4n) is 2.24. The standard InChI is InChI=1S/C13H20N2O3S2/c1-10(12-3-2-6-19-12)15-13(16)14-9-11-4-7-20(17,18)8-5-11/h2-3,6,10-11H,4-5,7-9H2,1H3,(H2,14,15,16)/t10-/m1/s1. The molecule has 1 aromatic heterocycles. The molecule has 112 valence electrons. The highest BCUT2D eigenvalue weighted by atomic mass is 32.2. The van der Waals surface area contributed by atoms with Crippen LogP contribution in [0.5, 0.6) is 0 Å². The number of urea groups is 1. The van der Waals surface area contributed by atoms with Gasteiger partial charge in [0.1, 0.15) is 9.84 Å². The normalized spacial score (nSPS) is 20.2. The van der Waals surface area contributed by atoms with Gasteiger partial charge in [-0.1, -0.05) is 6.07 Å². The molecule has 0 saturated carbocycles. The molecular formula is C13H20N2O3S2. The fraction of sp³-hybridized carbons (Fsp3) is 0.615. The molecule has 7 heteroatoms. The highest BCUT2D eigenvalue weighted by molar-refractivity contribution is 7.91. The van der Waals surface area contributed by atoms with Crippen LogP contribution in [0.2, 0.25) is 0 Å². The van der Waals surface area contributed by atoms with Crippen LogP contribution in [0.4, 0.5) is 4.79 Å². The number of hydrogen-bond donors (Lipinski definition) is 2. The highest BCUT2D eigenvalue weighted by Crippen LogP contribution is 2.19. The number of nitrogens with one attached hydrogen (secondary N) is 2. The molecule has 1 saturated heterocycles. The van der Waals surface area contributed by atoms with Crippen molar-refractivity contribution in [1.82, 2.24) is 10.6 Å². The second-order valence-electron chi connectivity index (χ2n) is 5.19. The van der Waals surface area contributed by atoms with Gasteiger partial charge in [0.15, 0.2) is 0 Å². The van der Waals surface area contributed by atoms with Crippen molar-refractivity contribution in [3.05, 3.63) is 22.4 Å². The molecule has 2 heterocycles. The Morgan fingerprint density at radius 3 is 2.75 bits per heavy atom. The number of sulfone groups is 1. The Hall–Kier alpha value is -1.08. The van der Waals surface area contributed by atoms with Gasteiger partial charge in [-0.2, -0.15) is 0 Å². The third-order valence-electron chi connectivity index (χ3n) is 3.54. The number of hydrogen-bond acceptors (Lipinski definition) is 4. The molecule has 1 atom stereocenters. The van der Waals surface area contributed by atoms with Crippen molar-refractivity contribution in [1.29, 1.82) is 0 Å². The van der Waals surface area contributed by atoms with E-state index in [2.05, 4.69) is 10.6 Å². The van der Waals surface area contributed by atoms with Crippen LogP contribution in [-0.4, -0.2) is 32.5 Å². The van der Waals surface area contributed by atoms with Crippen molar-refractivity contribution in [2.75, 3.05) is 18.1 Å². The molecule has 2 N–H and O–H groups in total. The lowest BCUT2D eigenvalue weighted by Crippen LogP contribution is -2.40. The first-order valence-electron chi connectivity index (χ1n) is 6.74. The number of carbonyl (C=O) groups excluding carboxylic acids is 1. The van der Waals surface area contributed by atoms with Gasteiger partial charge in [-0.25, -0.2) is 13.2 Å². The van der Waals surface area contributed by atoms with E-state index in [-0.39, 0.29) is 29.5 Å². The number of rotatable bonds is 4. The Kier molecular flexibility index (Phi) is 5.04. The maximum Gasteiger partial charge on any atom is 0.315 e. The average Bonchev–Trinajstić information content (AvgIpc) is 2.91. The fourth-order valence-corrected chi connectivity index (χ4v) is 4.56. The van der Waals surface area contributed by atoms with Gasteiger partial charge in [0.05, 0.1) is 17.5 Å². The molecule has 0 bridgehead atoms. The third kappa shape index (κ3) is 4.49. The summed E-state index contributed by atoms with van der Waals surface area (Å²) in [5.74, 6) is 0.750. The van der Waals surface area contributed by atoms with E-state index >= 15 is 0 Å². The van der Waals surface area contributed by atoms with Crippen LogP contribution in [0, 0.1) is 5.92 Å². The zero-order chi connectivity index (χ0) is 14.6. The van der Waals surface area contributed by atoms with Crippen molar-refractivity contribution in [3.8, 4) is 0 Å². The number of carbonyl (C=O) groups is 1. The molecule has 5 nitrogen and oxygen atoms in total. The molecule has 0 unspecified atom stereocenters. The van der Waals surface area contributed by atoms with E-state index in [0.29, 0.717) is 19.4 Å². The van der Waals surface area contributed by atoms with Crippen LogP contribution in [-0.2, 0) is 9.84 Å². The molecule has 0 spiro atoms. The summed E-state index contributed by atoms with van der Waals surface area (Å²) < 4.78 is 22.6. The molecule has 20 heavy (non-hydrogen) atoms. The Morgan fingerprint density at radius 1 is 1.45 bits per heavy atom. The van der Waals surface area contributed by atoms with Crippen LogP contribution in [0.25, 0.3) is 0 Å². The molecule has 2 rings (SSSR count). The van der Waals surface area contributed by atoms with Gasteiger partial charge in [-0.15, -0.1) is 11.3 Å². The molecule has 1 fully saturated rings. The minimum Gasteiger partial charge on any atom is -0.338 e. The summed E-state index contributed by atoms with van der Waals surface area (Å²) in [5, 5.41) is 7.69. The summed E-state index contributed by atoms with van der Waals surface area (Å²) in [4.78, 5) is 12.9. The van der Waals surface area contributed by atoms with Crippen molar-refractivity contribution >= 4 is 27.2 Å². The molecule has 0 radical (unpaired) electrons. The van der Waals surface area contributed by atoms with Crippen molar-refractivity contribution < 1.29 is 13.2 Å². The number of amides is 2. The van der Waals surface area contributed by atoms with Crippen LogP contribution in [0.1, 0.15) is 30.7 Å². The molecule has 2 amide bonds. The zero-order valence-electron chi connectivity index (χ0n) is 11.5. The molecule has 1 aromatic rings. The summed E-state index contributed by atoms with van der Waals surface area (Å²) >= 11 is 1.61. The van der Waals surface area contributed by atoms with Gasteiger partial charge in [-0.05, 0) is 37.1 Å². The van der Waals surface area contributed by atoms with Crippen LogP contribution in [0.15, 0.2) is 17.5 Å². The lowest BCUT2D eigenvalue weighted by molar-refractivity contribution is 0.235. The number of thiophene rings is 1. The third-order valence-corrected chi connectivity index (χ3v) is 6.31. The minimum absolute atomic E-state index is 0.0123. The predicted molar refractivity (Wildman–Crippen MR) is 80.6 cm³/mol. The van der Waals surface area contributed by atoms with Crippen LogP contribution < -0.4 is 10.6 Å². The summed E-state index contributed by atoms with van der Waals surface area (Å²) in [6.45, 7) is 2.48. The van der Waals surface area contributed by atoms with Crippen LogP contribution >= 0.6 is 11.3 Å². The van der Waals surface area contributed by atoms with Crippen molar-refractivity contribution in [2.45, 2.75) is 25.8 Å². The van der Waals surface area contributed by atoms with Gasteiger partial charge in [0.2, 0.25) is 0 Å². The van der Waals surface area contributed by atoms with Crippen molar-refractivity contribution in [3.63, 3.8) is 0 Å². The second kappa shape index (κ2) is 6.58. The van der Waals surface area contributed by atoms with Gasteiger partial charge in [-0.3, -0.25) is 0 Å². The Morgan fingerprint density at radius 2 is 2.15 bits per heavy atom. The minimum atomic E-state index is -2.83. The molecule has 0 aliphatic carbocycles. The van der Waals surface area contributed by atoms with Crippen LogP contribution in [0.3, 0.4) is 0 Å². The predicted octanol–water partition coefficient (Wildman–Crippen LogP) is 1.93. The summed E-state index contributed by atoms with van der Waals surface area (Å²) in [7, 11) is -2.83. The Bertz CT molecular complexity index is 526. The van der Waals surface area contributed by atoms with Gasteiger partial charge in [0.25, 0.3) is 0 Å².